The van der Waals surface area contributed by atoms with Gasteiger partial charge in [0.2, 0.25) is 0 Å². The first kappa shape index (κ1) is 10.4. The number of furan rings is 1. The number of hydrogen-bond donors (Lipinski definition) is 0. The van der Waals surface area contributed by atoms with E-state index in [0.717, 1.165) is 4.38 Å². The van der Waals surface area contributed by atoms with E-state index in [-0.39, 0.29) is 11.7 Å². The summed E-state index contributed by atoms with van der Waals surface area (Å²) in [7, 11) is 0. The van der Waals surface area contributed by atoms with Crippen LogP contribution in [-0.4, -0.2) is 22.8 Å². The van der Waals surface area contributed by atoms with Crippen LogP contribution in [0.2, 0.25) is 0 Å². The molecular weight excluding hydrogens is 206 g/mol. The summed E-state index contributed by atoms with van der Waals surface area (Å²) in [4.78, 5) is 15.2. The van der Waals surface area contributed by atoms with Crippen molar-refractivity contribution in [2.45, 2.75) is 0 Å². The second-order valence-electron chi connectivity index (χ2n) is 2.07. The molecule has 0 atom stereocenters. The molecule has 0 aliphatic carbocycles. The van der Waals surface area contributed by atoms with E-state index in [1.54, 1.807) is 12.1 Å². The van der Waals surface area contributed by atoms with Crippen LogP contribution in [0, 0.1) is 0 Å². The molecule has 1 aromatic heterocycles. The third-order valence-corrected chi connectivity index (χ3v) is 3.16. The molecule has 1 amide bonds. The molecular formula is C8H9NO2S2. The summed E-state index contributed by atoms with van der Waals surface area (Å²) in [6.07, 6.45) is 5.22. The van der Waals surface area contributed by atoms with Gasteiger partial charge in [-0.25, -0.2) is 0 Å². The third kappa shape index (κ3) is 2.93. The van der Waals surface area contributed by atoms with Crippen LogP contribution < -0.4 is 0 Å². The molecule has 0 unspecified atom stereocenters. The predicted molar refractivity (Wildman–Crippen MR) is 57.5 cm³/mol. The van der Waals surface area contributed by atoms with E-state index >= 15 is 0 Å². The van der Waals surface area contributed by atoms with Crippen LogP contribution in [0.3, 0.4) is 0 Å². The Morgan fingerprint density at radius 3 is 2.62 bits per heavy atom. The fourth-order valence-corrected chi connectivity index (χ4v) is 1.73. The van der Waals surface area contributed by atoms with Crippen molar-refractivity contribution in [2.75, 3.05) is 12.5 Å². The fourth-order valence-electron chi connectivity index (χ4n) is 0.713. The van der Waals surface area contributed by atoms with Gasteiger partial charge in [-0.1, -0.05) is 0 Å². The molecule has 70 valence electrons. The smallest absolute Gasteiger partial charge is 0.314 e. The highest BCUT2D eigenvalue weighted by Gasteiger charge is 2.07. The quantitative estimate of drug-likeness (QED) is 0.533. The van der Waals surface area contributed by atoms with Crippen molar-refractivity contribution in [1.82, 2.24) is 0 Å². The summed E-state index contributed by atoms with van der Waals surface area (Å²) < 4.78 is 5.65. The third-order valence-electron chi connectivity index (χ3n) is 1.27. The van der Waals surface area contributed by atoms with Crippen molar-refractivity contribution in [2.24, 2.45) is 4.99 Å². The number of carbonyl (C=O) groups excluding carboxylic acids is 1. The maximum atomic E-state index is 11.3. The molecule has 0 spiro atoms. The van der Waals surface area contributed by atoms with E-state index in [0.29, 0.717) is 0 Å². The summed E-state index contributed by atoms with van der Waals surface area (Å²) in [5.74, 6) is -0.0516. The van der Waals surface area contributed by atoms with E-state index < -0.39 is 0 Å². The van der Waals surface area contributed by atoms with Gasteiger partial charge in [-0.15, -0.1) is 23.5 Å². The Morgan fingerprint density at radius 1 is 1.46 bits per heavy atom. The second kappa shape index (κ2) is 5.14. The lowest BCUT2D eigenvalue weighted by Crippen LogP contribution is -1.95. The summed E-state index contributed by atoms with van der Waals surface area (Å²) in [5.41, 5.74) is 0. The Bertz CT molecular complexity index is 300. The summed E-state index contributed by atoms with van der Waals surface area (Å²) >= 11 is 2.89. The molecule has 13 heavy (non-hydrogen) atoms. The van der Waals surface area contributed by atoms with Gasteiger partial charge in [-0.2, -0.15) is 4.99 Å². The molecule has 0 radical (unpaired) electrons. The molecule has 1 aromatic rings. The summed E-state index contributed by atoms with van der Waals surface area (Å²) in [6, 6.07) is 3.27. The van der Waals surface area contributed by atoms with E-state index in [1.165, 1.54) is 29.8 Å². The second-order valence-corrected chi connectivity index (χ2v) is 3.92. The Hall–Kier alpha value is -0.680. The number of amides is 1. The van der Waals surface area contributed by atoms with Gasteiger partial charge in [0.15, 0.2) is 5.76 Å². The van der Waals surface area contributed by atoms with Crippen LogP contribution in [0.25, 0.3) is 0 Å². The maximum absolute atomic E-state index is 11.3. The zero-order chi connectivity index (χ0) is 9.68. The lowest BCUT2D eigenvalue weighted by Gasteiger charge is -1.95. The number of thioether (sulfide) groups is 2. The number of rotatable bonds is 1. The van der Waals surface area contributed by atoms with Gasteiger partial charge in [0.25, 0.3) is 0 Å². The standard InChI is InChI=1S/C8H9NO2S2/c1-12-8(13-2)9-7(10)6-4-3-5-11-6/h3-5H,1-2H3. The van der Waals surface area contributed by atoms with E-state index in [9.17, 15) is 4.79 Å². The lowest BCUT2D eigenvalue weighted by molar-refractivity contribution is 0.0977. The molecule has 0 fully saturated rings. The molecule has 1 heterocycles. The highest BCUT2D eigenvalue weighted by molar-refractivity contribution is 8.38. The summed E-state index contributed by atoms with van der Waals surface area (Å²) in [6.45, 7) is 0. The van der Waals surface area contributed by atoms with Gasteiger partial charge in [0, 0.05) is 0 Å². The number of hydrogen-bond acceptors (Lipinski definition) is 4. The van der Waals surface area contributed by atoms with E-state index in [4.69, 9.17) is 4.42 Å². The first-order chi connectivity index (χ1) is 6.27. The maximum Gasteiger partial charge on any atom is 0.314 e. The molecule has 0 aromatic carbocycles. The predicted octanol–water partition coefficient (Wildman–Crippen LogP) is 2.50. The van der Waals surface area contributed by atoms with Crippen LogP contribution in [0.1, 0.15) is 10.6 Å². The van der Waals surface area contributed by atoms with Gasteiger partial charge in [-0.3, -0.25) is 4.79 Å². The van der Waals surface area contributed by atoms with Crippen LogP contribution in [0.4, 0.5) is 0 Å². The van der Waals surface area contributed by atoms with Crippen molar-refractivity contribution in [3.8, 4) is 0 Å². The highest BCUT2D eigenvalue weighted by atomic mass is 32.2. The molecule has 0 aliphatic heterocycles. The molecule has 0 N–H and O–H groups in total. The van der Waals surface area contributed by atoms with E-state index in [1.807, 2.05) is 12.5 Å². The monoisotopic (exact) mass is 215 g/mol. The minimum atomic E-state index is -0.330. The Balaban J connectivity index is 2.75. The van der Waals surface area contributed by atoms with E-state index in [2.05, 4.69) is 4.99 Å². The van der Waals surface area contributed by atoms with Crippen LogP contribution in [0.5, 0.6) is 0 Å². The Morgan fingerprint density at radius 2 is 2.15 bits per heavy atom. The van der Waals surface area contributed by atoms with Gasteiger partial charge >= 0.3 is 5.91 Å². The van der Waals surface area contributed by atoms with Crippen molar-refractivity contribution in [3.05, 3.63) is 24.2 Å². The highest BCUT2D eigenvalue weighted by Crippen LogP contribution is 2.12. The lowest BCUT2D eigenvalue weighted by atomic mass is 10.4. The number of carbonyl (C=O) groups is 1. The number of nitrogens with zero attached hydrogens (tertiary/aromatic N) is 1. The molecule has 1 rings (SSSR count). The zero-order valence-electron chi connectivity index (χ0n) is 7.31. The van der Waals surface area contributed by atoms with Crippen LogP contribution in [-0.2, 0) is 0 Å². The average Bonchev–Trinajstić information content (AvgIpc) is 2.66. The normalized spacial score (nSPS) is 9.69. The molecule has 0 bridgehead atoms. The first-order valence-corrected chi connectivity index (χ1v) is 5.97. The largest absolute Gasteiger partial charge is 0.459 e. The minimum absolute atomic E-state index is 0.278. The van der Waals surface area contributed by atoms with Crippen molar-refractivity contribution >= 4 is 33.8 Å². The zero-order valence-corrected chi connectivity index (χ0v) is 8.95. The van der Waals surface area contributed by atoms with Gasteiger partial charge in [-0.05, 0) is 24.6 Å². The average molecular weight is 215 g/mol. The molecule has 0 aliphatic rings. The van der Waals surface area contributed by atoms with Crippen LogP contribution in [0.15, 0.2) is 27.8 Å². The van der Waals surface area contributed by atoms with Crippen molar-refractivity contribution in [1.29, 1.82) is 0 Å². The van der Waals surface area contributed by atoms with Crippen LogP contribution >= 0.6 is 23.5 Å². The van der Waals surface area contributed by atoms with Gasteiger partial charge in [0.05, 0.1) is 6.26 Å². The Labute approximate surface area is 85.0 Å². The topological polar surface area (TPSA) is 42.6 Å². The Kier molecular flexibility index (Phi) is 4.11. The van der Waals surface area contributed by atoms with Crippen molar-refractivity contribution < 1.29 is 9.21 Å². The van der Waals surface area contributed by atoms with Gasteiger partial charge < -0.3 is 4.42 Å². The fraction of sp³-hybridized carbons (Fsp3) is 0.250. The molecule has 5 heteroatoms. The molecule has 0 saturated carbocycles. The first-order valence-electron chi connectivity index (χ1n) is 3.52. The van der Waals surface area contributed by atoms with Crippen molar-refractivity contribution in [3.63, 3.8) is 0 Å². The molecule has 0 saturated heterocycles. The SMILES string of the molecule is CSC(=NC(=O)c1ccco1)SC. The minimum Gasteiger partial charge on any atom is -0.459 e. The number of aliphatic imine (C=N–C) groups is 1. The summed E-state index contributed by atoms with van der Waals surface area (Å²) in [5, 5.41) is 0. The van der Waals surface area contributed by atoms with Gasteiger partial charge in [0.1, 0.15) is 4.38 Å². The molecule has 3 nitrogen and oxygen atoms in total.